The molecule has 1 atom stereocenters. The van der Waals surface area contributed by atoms with Gasteiger partial charge < -0.3 is 10.1 Å². The minimum absolute atomic E-state index is 0.111. The average Bonchev–Trinajstić information content (AvgIpc) is 2.49. The topological polar surface area (TPSA) is 65.4 Å². The Kier molecular flexibility index (Phi) is 7.16. The fraction of sp³-hybridized carbons (Fsp3) is 0.500. The molecular weight excluding hydrogens is 302 g/mol. The molecule has 0 aliphatic rings. The first-order valence-electron chi connectivity index (χ1n) is 7.17. The van der Waals surface area contributed by atoms with Gasteiger partial charge in [-0.2, -0.15) is 5.26 Å². The number of methoxy groups -OCH3 is 1. The second kappa shape index (κ2) is 8.62. The summed E-state index contributed by atoms with van der Waals surface area (Å²) in [6, 6.07) is 5.64. The molecule has 1 rings (SSSR count). The van der Waals surface area contributed by atoms with Gasteiger partial charge in [-0.1, -0.05) is 18.5 Å². The molecule has 0 aliphatic heterocycles. The van der Waals surface area contributed by atoms with Gasteiger partial charge in [0, 0.05) is 17.6 Å². The van der Waals surface area contributed by atoms with Crippen molar-refractivity contribution in [3.63, 3.8) is 0 Å². The van der Waals surface area contributed by atoms with Crippen molar-refractivity contribution < 1.29 is 9.53 Å². The van der Waals surface area contributed by atoms with Gasteiger partial charge in [-0.25, -0.2) is 0 Å². The molecule has 0 bridgehead atoms. The molecule has 0 fully saturated rings. The molecule has 0 heterocycles. The van der Waals surface area contributed by atoms with Crippen LogP contribution in [0.2, 0.25) is 5.02 Å². The van der Waals surface area contributed by atoms with Gasteiger partial charge in [-0.3, -0.25) is 9.69 Å². The van der Waals surface area contributed by atoms with Crippen LogP contribution in [0.4, 0.5) is 5.69 Å². The van der Waals surface area contributed by atoms with Crippen LogP contribution in [0.25, 0.3) is 0 Å². The molecule has 1 aromatic carbocycles. The van der Waals surface area contributed by atoms with Crippen molar-refractivity contribution in [1.82, 2.24) is 4.90 Å². The highest BCUT2D eigenvalue weighted by Gasteiger charge is 2.15. The number of carbonyl (C=O) groups excluding carboxylic acids is 1. The number of aryl methyl sites for hydroxylation is 1. The Labute approximate surface area is 136 Å². The van der Waals surface area contributed by atoms with Crippen molar-refractivity contribution in [3.8, 4) is 11.8 Å². The summed E-state index contributed by atoms with van der Waals surface area (Å²) in [6.45, 7) is 7.17. The van der Waals surface area contributed by atoms with Crippen LogP contribution in [-0.4, -0.2) is 37.6 Å². The van der Waals surface area contributed by atoms with E-state index in [0.29, 0.717) is 29.5 Å². The first-order valence-corrected chi connectivity index (χ1v) is 7.55. The van der Waals surface area contributed by atoms with Crippen LogP contribution in [0, 0.1) is 24.2 Å². The second-order valence-electron chi connectivity index (χ2n) is 5.21. The number of hydrogen-bond acceptors (Lipinski definition) is 4. The molecule has 0 radical (unpaired) electrons. The van der Waals surface area contributed by atoms with E-state index in [2.05, 4.69) is 11.4 Å². The predicted octanol–water partition coefficient (Wildman–Crippen LogP) is 3.08. The number of likely N-dealkylation sites (N-methyl/N-ethyl adjacent to an activating group) is 1. The molecule has 1 amide bonds. The minimum atomic E-state index is -0.146. The van der Waals surface area contributed by atoms with Crippen molar-refractivity contribution in [2.75, 3.05) is 32.1 Å². The highest BCUT2D eigenvalue weighted by molar-refractivity contribution is 6.31. The number of rotatable bonds is 7. The van der Waals surface area contributed by atoms with E-state index in [0.717, 1.165) is 5.56 Å². The zero-order valence-corrected chi connectivity index (χ0v) is 14.2. The number of ether oxygens (including phenoxy) is 1. The lowest BCUT2D eigenvalue weighted by molar-refractivity contribution is -0.117. The maximum absolute atomic E-state index is 12.2. The highest BCUT2D eigenvalue weighted by atomic mass is 35.5. The Hall–Kier alpha value is -1.77. The molecule has 0 spiro atoms. The minimum Gasteiger partial charge on any atom is -0.495 e. The van der Waals surface area contributed by atoms with Gasteiger partial charge in [0.25, 0.3) is 0 Å². The Morgan fingerprint density at radius 3 is 2.77 bits per heavy atom. The van der Waals surface area contributed by atoms with Gasteiger partial charge >= 0.3 is 0 Å². The number of amides is 1. The van der Waals surface area contributed by atoms with Crippen molar-refractivity contribution in [3.05, 3.63) is 22.7 Å². The average molecular weight is 324 g/mol. The lowest BCUT2D eigenvalue weighted by Crippen LogP contribution is -2.35. The van der Waals surface area contributed by atoms with E-state index in [1.807, 2.05) is 25.7 Å². The molecule has 6 heteroatoms. The quantitative estimate of drug-likeness (QED) is 0.837. The lowest BCUT2D eigenvalue weighted by Gasteiger charge is -2.21. The first kappa shape index (κ1) is 18.3. The Bertz CT molecular complexity index is 569. The van der Waals surface area contributed by atoms with Crippen molar-refractivity contribution >= 4 is 23.2 Å². The van der Waals surface area contributed by atoms with E-state index in [4.69, 9.17) is 21.6 Å². The van der Waals surface area contributed by atoms with Gasteiger partial charge in [0.2, 0.25) is 5.91 Å². The van der Waals surface area contributed by atoms with Gasteiger partial charge in [0.05, 0.1) is 31.3 Å². The van der Waals surface area contributed by atoms with Crippen LogP contribution in [0.15, 0.2) is 12.1 Å². The molecule has 0 saturated heterocycles. The van der Waals surface area contributed by atoms with E-state index in [9.17, 15) is 4.79 Å². The van der Waals surface area contributed by atoms with E-state index in [1.165, 1.54) is 7.11 Å². The number of anilines is 1. The summed E-state index contributed by atoms with van der Waals surface area (Å²) in [5.74, 6) is 0.268. The van der Waals surface area contributed by atoms with Crippen LogP contribution in [-0.2, 0) is 4.79 Å². The summed E-state index contributed by atoms with van der Waals surface area (Å²) >= 11 is 6.05. The second-order valence-corrected chi connectivity index (χ2v) is 5.61. The molecule has 1 unspecified atom stereocenters. The third-order valence-electron chi connectivity index (χ3n) is 3.32. The van der Waals surface area contributed by atoms with E-state index in [-0.39, 0.29) is 18.4 Å². The fourth-order valence-electron chi connectivity index (χ4n) is 2.06. The smallest absolute Gasteiger partial charge is 0.238 e. The maximum atomic E-state index is 12.2. The van der Waals surface area contributed by atoms with Gasteiger partial charge in [0.1, 0.15) is 5.75 Å². The molecule has 5 nitrogen and oxygen atoms in total. The molecule has 22 heavy (non-hydrogen) atoms. The zero-order valence-electron chi connectivity index (χ0n) is 13.4. The molecule has 0 aliphatic carbocycles. The Balaban J connectivity index is 2.76. The van der Waals surface area contributed by atoms with Crippen LogP contribution >= 0.6 is 11.6 Å². The van der Waals surface area contributed by atoms with Crippen LogP contribution in [0.3, 0.4) is 0 Å². The molecule has 1 aromatic rings. The summed E-state index contributed by atoms with van der Waals surface area (Å²) in [4.78, 5) is 14.1. The zero-order chi connectivity index (χ0) is 16.7. The number of benzene rings is 1. The molecular formula is C16H22ClN3O2. The molecule has 0 aromatic heterocycles. The summed E-state index contributed by atoms with van der Waals surface area (Å²) < 4.78 is 5.24. The Morgan fingerprint density at radius 2 is 2.23 bits per heavy atom. The van der Waals surface area contributed by atoms with E-state index < -0.39 is 0 Å². The van der Waals surface area contributed by atoms with E-state index in [1.54, 1.807) is 12.1 Å². The number of hydrogen-bond donors (Lipinski definition) is 1. The third kappa shape index (κ3) is 5.21. The van der Waals surface area contributed by atoms with Gasteiger partial charge in [-0.05, 0) is 32.0 Å². The number of nitriles is 1. The first-order chi connectivity index (χ1) is 10.4. The number of nitrogens with zero attached hydrogens (tertiary/aromatic N) is 2. The standard InChI is InChI=1S/C16H22ClN3O2/c1-5-20(9-11(2)8-18)10-16(21)19-14-6-12(3)13(17)7-15(14)22-4/h6-7,11H,5,9-10H2,1-4H3,(H,19,21). The number of halogens is 1. The maximum Gasteiger partial charge on any atom is 0.238 e. The van der Waals surface area contributed by atoms with Gasteiger partial charge in [-0.15, -0.1) is 0 Å². The molecule has 120 valence electrons. The highest BCUT2D eigenvalue weighted by Crippen LogP contribution is 2.30. The summed E-state index contributed by atoms with van der Waals surface area (Å²) in [5, 5.41) is 12.3. The van der Waals surface area contributed by atoms with Crippen LogP contribution < -0.4 is 10.1 Å². The number of carbonyl (C=O) groups is 1. The Morgan fingerprint density at radius 1 is 1.55 bits per heavy atom. The van der Waals surface area contributed by atoms with Crippen LogP contribution in [0.5, 0.6) is 5.75 Å². The molecule has 0 saturated carbocycles. The monoisotopic (exact) mass is 323 g/mol. The summed E-state index contributed by atoms with van der Waals surface area (Å²) in [7, 11) is 1.53. The fourth-order valence-corrected chi connectivity index (χ4v) is 2.21. The summed E-state index contributed by atoms with van der Waals surface area (Å²) in [5.41, 5.74) is 1.46. The molecule has 1 N–H and O–H groups in total. The van der Waals surface area contributed by atoms with Crippen molar-refractivity contribution in [2.24, 2.45) is 5.92 Å². The largest absolute Gasteiger partial charge is 0.495 e. The van der Waals surface area contributed by atoms with Gasteiger partial charge in [0.15, 0.2) is 0 Å². The van der Waals surface area contributed by atoms with Crippen molar-refractivity contribution in [1.29, 1.82) is 5.26 Å². The third-order valence-corrected chi connectivity index (χ3v) is 3.73. The summed E-state index contributed by atoms with van der Waals surface area (Å²) in [6.07, 6.45) is 0. The number of nitrogens with one attached hydrogen (secondary N) is 1. The lowest BCUT2D eigenvalue weighted by atomic mass is 10.2. The normalized spacial score (nSPS) is 11.9. The predicted molar refractivity (Wildman–Crippen MR) is 88.3 cm³/mol. The van der Waals surface area contributed by atoms with Crippen molar-refractivity contribution in [2.45, 2.75) is 20.8 Å². The van der Waals surface area contributed by atoms with E-state index >= 15 is 0 Å². The van der Waals surface area contributed by atoms with Crippen LogP contribution in [0.1, 0.15) is 19.4 Å². The SMILES string of the molecule is CCN(CC(=O)Nc1cc(C)c(Cl)cc1OC)CC(C)C#N.